The van der Waals surface area contributed by atoms with Crippen LogP contribution in [0, 0.1) is 6.92 Å². The molecule has 0 amide bonds. The van der Waals surface area contributed by atoms with Crippen molar-refractivity contribution in [2.75, 3.05) is 19.6 Å². The molecule has 1 aliphatic rings. The number of ether oxygens (including phenoxy) is 1. The smallest absolute Gasteiger partial charge is 0.307 e. The van der Waals surface area contributed by atoms with Gasteiger partial charge in [0.25, 0.3) is 0 Å². The normalized spacial score (nSPS) is 16.7. The third-order valence-electron chi connectivity index (χ3n) is 4.48. The van der Waals surface area contributed by atoms with Gasteiger partial charge in [-0.15, -0.1) is 0 Å². The lowest BCUT2D eigenvalue weighted by Crippen LogP contribution is -2.39. The van der Waals surface area contributed by atoms with E-state index < -0.39 is 0 Å². The second-order valence-electron chi connectivity index (χ2n) is 6.13. The Morgan fingerprint density at radius 2 is 1.91 bits per heavy atom. The largest absolute Gasteiger partial charge is 0.373 e. The fourth-order valence-electron chi connectivity index (χ4n) is 3.00. The maximum atomic E-state index is 11.7. The van der Waals surface area contributed by atoms with Crippen molar-refractivity contribution in [2.45, 2.75) is 39.0 Å². The first-order valence-electron chi connectivity index (χ1n) is 8.25. The number of likely N-dealkylation sites (tertiary alicyclic amines) is 1. The first kappa shape index (κ1) is 16.4. The minimum Gasteiger partial charge on any atom is -0.373 e. The van der Waals surface area contributed by atoms with Gasteiger partial charge < -0.3 is 14.2 Å². The highest BCUT2D eigenvalue weighted by Crippen LogP contribution is 2.15. The summed E-state index contributed by atoms with van der Waals surface area (Å²) in [5.41, 5.74) is 2.31. The van der Waals surface area contributed by atoms with Gasteiger partial charge in [0.1, 0.15) is 0 Å². The Bertz CT molecular complexity index is 657. The molecule has 1 fully saturated rings. The lowest BCUT2D eigenvalue weighted by atomic mass is 10.1. The van der Waals surface area contributed by atoms with Crippen molar-refractivity contribution in [3.8, 4) is 0 Å². The average molecular weight is 332 g/mol. The van der Waals surface area contributed by atoms with Gasteiger partial charge in [0.2, 0.25) is 0 Å². The number of aryl methyl sites for hydroxylation is 1. The van der Waals surface area contributed by atoms with Gasteiger partial charge in [-0.1, -0.05) is 41.7 Å². The van der Waals surface area contributed by atoms with Crippen molar-refractivity contribution in [1.82, 2.24) is 9.47 Å². The quantitative estimate of drug-likeness (QED) is 0.816. The van der Waals surface area contributed by atoms with Crippen LogP contribution in [-0.4, -0.2) is 35.2 Å². The molecule has 0 unspecified atom stereocenters. The first-order valence-corrected chi connectivity index (χ1v) is 9.13. The van der Waals surface area contributed by atoms with E-state index in [1.807, 2.05) is 22.9 Å². The molecule has 0 atom stereocenters. The fraction of sp³-hybridized carbons (Fsp3) is 0.500. The Labute approximate surface area is 141 Å². The summed E-state index contributed by atoms with van der Waals surface area (Å²) >= 11 is 1.29. The van der Waals surface area contributed by atoms with E-state index in [9.17, 15) is 4.79 Å². The van der Waals surface area contributed by atoms with Crippen LogP contribution >= 0.6 is 11.3 Å². The van der Waals surface area contributed by atoms with Crippen LogP contribution in [0.5, 0.6) is 0 Å². The van der Waals surface area contributed by atoms with Crippen LogP contribution in [0.3, 0.4) is 0 Å². The molecule has 1 saturated heterocycles. The zero-order valence-corrected chi connectivity index (χ0v) is 14.4. The summed E-state index contributed by atoms with van der Waals surface area (Å²) in [6.07, 6.45) is 2.51. The van der Waals surface area contributed by atoms with Gasteiger partial charge in [-0.05, 0) is 25.3 Å². The van der Waals surface area contributed by atoms with Gasteiger partial charge in [-0.25, -0.2) is 0 Å². The van der Waals surface area contributed by atoms with Gasteiger partial charge >= 0.3 is 4.87 Å². The van der Waals surface area contributed by atoms with Gasteiger partial charge in [-0.2, -0.15) is 0 Å². The molecule has 124 valence electrons. The number of thiazole rings is 1. The summed E-state index contributed by atoms with van der Waals surface area (Å²) in [6.45, 7) is 6.55. The van der Waals surface area contributed by atoms with E-state index in [4.69, 9.17) is 4.74 Å². The molecule has 1 aromatic carbocycles. The van der Waals surface area contributed by atoms with Crippen LogP contribution in [0.4, 0.5) is 0 Å². The Balaban J connectivity index is 1.39. The zero-order valence-electron chi connectivity index (χ0n) is 13.6. The highest BCUT2D eigenvalue weighted by atomic mass is 32.1. The summed E-state index contributed by atoms with van der Waals surface area (Å²) in [5.74, 6) is 0. The van der Waals surface area contributed by atoms with Crippen molar-refractivity contribution >= 4 is 11.3 Å². The number of rotatable bonds is 6. The summed E-state index contributed by atoms with van der Waals surface area (Å²) in [6, 6.07) is 10.3. The molecule has 2 heterocycles. The summed E-state index contributed by atoms with van der Waals surface area (Å²) < 4.78 is 7.90. The molecule has 23 heavy (non-hydrogen) atoms. The molecular weight excluding hydrogens is 308 g/mol. The Morgan fingerprint density at radius 3 is 2.57 bits per heavy atom. The van der Waals surface area contributed by atoms with Crippen molar-refractivity contribution in [3.05, 3.63) is 56.6 Å². The third-order valence-corrected chi connectivity index (χ3v) is 5.36. The zero-order chi connectivity index (χ0) is 16.1. The van der Waals surface area contributed by atoms with E-state index in [0.29, 0.717) is 12.7 Å². The van der Waals surface area contributed by atoms with E-state index in [0.717, 1.165) is 44.7 Å². The van der Waals surface area contributed by atoms with Gasteiger partial charge in [-0.3, -0.25) is 4.79 Å². The van der Waals surface area contributed by atoms with Crippen molar-refractivity contribution in [3.63, 3.8) is 0 Å². The van der Waals surface area contributed by atoms with E-state index in [1.165, 1.54) is 16.9 Å². The van der Waals surface area contributed by atoms with Crippen molar-refractivity contribution < 1.29 is 4.74 Å². The topological polar surface area (TPSA) is 34.5 Å². The van der Waals surface area contributed by atoms with Crippen LogP contribution < -0.4 is 4.87 Å². The van der Waals surface area contributed by atoms with Crippen molar-refractivity contribution in [2.24, 2.45) is 0 Å². The minimum atomic E-state index is 0.156. The fourth-order valence-corrected chi connectivity index (χ4v) is 3.76. The molecule has 0 spiro atoms. The highest BCUT2D eigenvalue weighted by molar-refractivity contribution is 7.07. The molecule has 5 heteroatoms. The minimum absolute atomic E-state index is 0.156. The molecule has 2 aromatic rings. The molecule has 0 saturated carbocycles. The third kappa shape index (κ3) is 4.53. The molecule has 1 aliphatic heterocycles. The van der Waals surface area contributed by atoms with Crippen LogP contribution in [0.25, 0.3) is 0 Å². The van der Waals surface area contributed by atoms with Crippen LogP contribution in [0.2, 0.25) is 0 Å². The van der Waals surface area contributed by atoms with Crippen LogP contribution in [0.15, 0.2) is 40.5 Å². The number of benzene rings is 1. The number of aromatic nitrogens is 1. The lowest BCUT2D eigenvalue weighted by Gasteiger charge is -2.32. The first-order chi connectivity index (χ1) is 11.2. The molecule has 0 bridgehead atoms. The maximum absolute atomic E-state index is 11.7. The van der Waals surface area contributed by atoms with Crippen molar-refractivity contribution in [1.29, 1.82) is 0 Å². The number of hydrogen-bond donors (Lipinski definition) is 0. The lowest BCUT2D eigenvalue weighted by molar-refractivity contribution is -0.00296. The molecule has 1 aromatic heterocycles. The monoisotopic (exact) mass is 332 g/mol. The standard InChI is InChI=1S/C18H24N2O2S/c1-15-14-23-18(21)20(15)12-11-19-9-7-17(8-10-19)22-13-16-5-3-2-4-6-16/h2-6,14,17H,7-13H2,1H3. The highest BCUT2D eigenvalue weighted by Gasteiger charge is 2.19. The van der Waals surface area contributed by atoms with Crippen LogP contribution in [-0.2, 0) is 17.9 Å². The summed E-state index contributed by atoms with van der Waals surface area (Å²) in [7, 11) is 0. The van der Waals surface area contributed by atoms with Gasteiger partial charge in [0.15, 0.2) is 0 Å². The number of piperidine rings is 1. The Kier molecular flexibility index (Phi) is 5.65. The number of hydrogen-bond acceptors (Lipinski definition) is 4. The van der Waals surface area contributed by atoms with E-state index in [-0.39, 0.29) is 4.87 Å². The van der Waals surface area contributed by atoms with Crippen LogP contribution in [0.1, 0.15) is 24.1 Å². The molecule has 0 radical (unpaired) electrons. The summed E-state index contributed by atoms with van der Waals surface area (Å²) in [5, 5.41) is 1.94. The molecule has 0 aliphatic carbocycles. The van der Waals surface area contributed by atoms with Gasteiger partial charge in [0, 0.05) is 37.3 Å². The molecule has 0 N–H and O–H groups in total. The number of nitrogens with zero attached hydrogens (tertiary/aromatic N) is 2. The Morgan fingerprint density at radius 1 is 1.17 bits per heavy atom. The summed E-state index contributed by atoms with van der Waals surface area (Å²) in [4.78, 5) is 14.3. The Hall–Kier alpha value is -1.43. The van der Waals surface area contributed by atoms with E-state index in [2.05, 4.69) is 29.2 Å². The molecular formula is C18H24N2O2S. The van der Waals surface area contributed by atoms with Gasteiger partial charge in [0.05, 0.1) is 12.7 Å². The van der Waals surface area contributed by atoms with E-state index in [1.54, 1.807) is 0 Å². The SMILES string of the molecule is Cc1csc(=O)n1CCN1CCC(OCc2ccccc2)CC1. The second kappa shape index (κ2) is 7.90. The average Bonchev–Trinajstić information content (AvgIpc) is 2.91. The maximum Gasteiger partial charge on any atom is 0.307 e. The molecule has 3 rings (SSSR count). The predicted molar refractivity (Wildman–Crippen MR) is 94.0 cm³/mol. The molecule has 4 nitrogen and oxygen atoms in total. The predicted octanol–water partition coefficient (Wildman–Crippen LogP) is 2.90. The van der Waals surface area contributed by atoms with E-state index >= 15 is 0 Å². The second-order valence-corrected chi connectivity index (χ2v) is 6.95.